The fraction of sp³-hybridized carbons (Fsp3) is 0.571. The van der Waals surface area contributed by atoms with Gasteiger partial charge in [-0.1, -0.05) is 27.2 Å². The SMILES string of the molecule is CC1CCC(C(C)C)C(OC(=O)CCC(=O)Oc2ccc(C(=O)Cl)cc2)C1. The predicted molar refractivity (Wildman–Crippen MR) is 103 cm³/mol. The Kier molecular flexibility index (Phi) is 7.84. The van der Waals surface area contributed by atoms with Crippen LogP contribution in [0.1, 0.15) is 63.2 Å². The molecule has 0 heterocycles. The lowest BCUT2D eigenvalue weighted by atomic mass is 9.75. The van der Waals surface area contributed by atoms with Crippen molar-refractivity contribution in [3.63, 3.8) is 0 Å². The Bertz CT molecular complexity index is 668. The van der Waals surface area contributed by atoms with Gasteiger partial charge >= 0.3 is 11.9 Å². The van der Waals surface area contributed by atoms with Gasteiger partial charge in [-0.05, 0) is 66.5 Å². The molecule has 3 unspecified atom stereocenters. The van der Waals surface area contributed by atoms with Gasteiger partial charge in [0.2, 0.25) is 0 Å². The summed E-state index contributed by atoms with van der Waals surface area (Å²) in [4.78, 5) is 35.1. The fourth-order valence-corrected chi connectivity index (χ4v) is 3.64. The summed E-state index contributed by atoms with van der Waals surface area (Å²) in [5.74, 6) is 0.805. The first kappa shape index (κ1) is 21.4. The number of esters is 2. The molecule has 1 aliphatic rings. The predicted octanol–water partition coefficient (Wildman–Crippen LogP) is 4.76. The van der Waals surface area contributed by atoms with E-state index in [2.05, 4.69) is 20.8 Å². The zero-order chi connectivity index (χ0) is 20.0. The first-order valence-electron chi connectivity index (χ1n) is 9.46. The van der Waals surface area contributed by atoms with E-state index in [0.717, 1.165) is 19.3 Å². The lowest BCUT2D eigenvalue weighted by molar-refractivity contribution is -0.157. The number of ether oxygens (including phenoxy) is 2. The molecule has 0 N–H and O–H groups in total. The zero-order valence-electron chi connectivity index (χ0n) is 16.1. The van der Waals surface area contributed by atoms with Crippen LogP contribution in [0.3, 0.4) is 0 Å². The summed E-state index contributed by atoms with van der Waals surface area (Å²) in [5, 5.41) is -0.577. The minimum absolute atomic E-state index is 0.00716. The minimum Gasteiger partial charge on any atom is -0.462 e. The van der Waals surface area contributed by atoms with Crippen LogP contribution in [0.5, 0.6) is 5.75 Å². The summed E-state index contributed by atoms with van der Waals surface area (Å²) in [7, 11) is 0. The molecule has 0 radical (unpaired) electrons. The molecule has 0 amide bonds. The van der Waals surface area contributed by atoms with Crippen molar-refractivity contribution in [2.45, 2.75) is 59.0 Å². The molecular weight excluding hydrogens is 368 g/mol. The van der Waals surface area contributed by atoms with Crippen LogP contribution in [0, 0.1) is 17.8 Å². The topological polar surface area (TPSA) is 69.7 Å². The highest BCUT2D eigenvalue weighted by molar-refractivity contribution is 6.67. The second-order valence-electron chi connectivity index (χ2n) is 7.63. The average molecular weight is 395 g/mol. The molecule has 1 saturated carbocycles. The van der Waals surface area contributed by atoms with Crippen molar-refractivity contribution in [3.8, 4) is 5.75 Å². The highest BCUT2D eigenvalue weighted by atomic mass is 35.5. The Labute approximate surface area is 165 Å². The molecule has 3 atom stereocenters. The number of hydrogen-bond donors (Lipinski definition) is 0. The molecule has 2 rings (SSSR count). The van der Waals surface area contributed by atoms with Crippen LogP contribution in [-0.4, -0.2) is 23.3 Å². The summed E-state index contributed by atoms with van der Waals surface area (Å²) in [6.45, 7) is 6.49. The van der Waals surface area contributed by atoms with Crippen molar-refractivity contribution in [1.29, 1.82) is 0 Å². The van der Waals surface area contributed by atoms with Gasteiger partial charge in [-0.15, -0.1) is 0 Å². The second-order valence-corrected chi connectivity index (χ2v) is 7.97. The lowest BCUT2D eigenvalue weighted by Gasteiger charge is -2.36. The molecule has 0 aliphatic heterocycles. The van der Waals surface area contributed by atoms with Gasteiger partial charge < -0.3 is 9.47 Å². The van der Waals surface area contributed by atoms with Crippen molar-refractivity contribution >= 4 is 28.8 Å². The van der Waals surface area contributed by atoms with E-state index < -0.39 is 11.2 Å². The maximum absolute atomic E-state index is 12.2. The van der Waals surface area contributed by atoms with E-state index in [1.807, 2.05) is 0 Å². The molecule has 5 nitrogen and oxygen atoms in total. The Hall–Kier alpha value is -1.88. The molecule has 0 spiro atoms. The van der Waals surface area contributed by atoms with E-state index in [-0.39, 0.29) is 24.9 Å². The van der Waals surface area contributed by atoms with E-state index >= 15 is 0 Å². The molecule has 0 saturated heterocycles. The van der Waals surface area contributed by atoms with Crippen LogP contribution in [-0.2, 0) is 14.3 Å². The normalized spacial score (nSPS) is 22.3. The van der Waals surface area contributed by atoms with Gasteiger partial charge in [-0.25, -0.2) is 0 Å². The van der Waals surface area contributed by atoms with Gasteiger partial charge in [0, 0.05) is 5.56 Å². The molecule has 1 aromatic rings. The largest absolute Gasteiger partial charge is 0.462 e. The summed E-state index contributed by atoms with van der Waals surface area (Å²) in [5.41, 5.74) is 0.321. The molecule has 0 aromatic heterocycles. The zero-order valence-corrected chi connectivity index (χ0v) is 16.8. The number of rotatable bonds is 7. The molecule has 148 valence electrons. The third-order valence-corrected chi connectivity index (χ3v) is 5.31. The van der Waals surface area contributed by atoms with E-state index in [1.54, 1.807) is 0 Å². The molecule has 1 aromatic carbocycles. The van der Waals surface area contributed by atoms with E-state index in [1.165, 1.54) is 24.3 Å². The number of benzene rings is 1. The molecule has 1 fully saturated rings. The Morgan fingerprint density at radius 1 is 1.07 bits per heavy atom. The van der Waals surface area contributed by atoms with Gasteiger partial charge in [0.25, 0.3) is 5.24 Å². The number of halogens is 1. The Morgan fingerprint density at radius 3 is 2.30 bits per heavy atom. The van der Waals surface area contributed by atoms with E-state index in [4.69, 9.17) is 21.1 Å². The monoisotopic (exact) mass is 394 g/mol. The van der Waals surface area contributed by atoms with Crippen LogP contribution in [0.15, 0.2) is 24.3 Å². The van der Waals surface area contributed by atoms with Crippen LogP contribution in [0.25, 0.3) is 0 Å². The average Bonchev–Trinajstić information content (AvgIpc) is 2.60. The smallest absolute Gasteiger partial charge is 0.311 e. The van der Waals surface area contributed by atoms with Gasteiger partial charge in [0.1, 0.15) is 11.9 Å². The lowest BCUT2D eigenvalue weighted by Crippen LogP contribution is -2.36. The molecule has 1 aliphatic carbocycles. The molecule has 27 heavy (non-hydrogen) atoms. The van der Waals surface area contributed by atoms with Crippen LogP contribution in [0.2, 0.25) is 0 Å². The van der Waals surface area contributed by atoms with Crippen molar-refractivity contribution in [1.82, 2.24) is 0 Å². The summed E-state index contributed by atoms with van der Waals surface area (Å²) in [6, 6.07) is 5.93. The maximum atomic E-state index is 12.2. The summed E-state index contributed by atoms with van der Waals surface area (Å²) >= 11 is 5.37. The summed E-state index contributed by atoms with van der Waals surface area (Å²) in [6.07, 6.45) is 2.98. The first-order valence-corrected chi connectivity index (χ1v) is 9.84. The summed E-state index contributed by atoms with van der Waals surface area (Å²) < 4.78 is 10.8. The third-order valence-electron chi connectivity index (χ3n) is 5.09. The van der Waals surface area contributed by atoms with Crippen LogP contribution >= 0.6 is 11.6 Å². The van der Waals surface area contributed by atoms with Gasteiger partial charge in [-0.3, -0.25) is 14.4 Å². The molecular formula is C21H27ClO5. The van der Waals surface area contributed by atoms with Gasteiger partial charge in [-0.2, -0.15) is 0 Å². The third kappa shape index (κ3) is 6.65. The quantitative estimate of drug-likeness (QED) is 0.379. The number of carbonyl (C=O) groups is 3. The van der Waals surface area contributed by atoms with Crippen molar-refractivity contribution < 1.29 is 23.9 Å². The standard InChI is InChI=1S/C21H27ClO5/c1-13(2)17-9-4-14(3)12-18(17)27-20(24)11-10-19(23)26-16-7-5-15(6-8-16)21(22)25/h5-8,13-14,17-18H,4,9-12H2,1-3H3. The molecule has 6 heteroatoms. The van der Waals surface area contributed by atoms with Crippen molar-refractivity contribution in [3.05, 3.63) is 29.8 Å². The minimum atomic E-state index is -0.577. The first-order chi connectivity index (χ1) is 12.8. The second kappa shape index (κ2) is 9.88. The number of carbonyl (C=O) groups excluding carboxylic acids is 3. The Balaban J connectivity index is 1.80. The highest BCUT2D eigenvalue weighted by Crippen LogP contribution is 2.35. The highest BCUT2D eigenvalue weighted by Gasteiger charge is 2.33. The Morgan fingerprint density at radius 2 is 1.70 bits per heavy atom. The van der Waals surface area contributed by atoms with Gasteiger partial charge in [0.15, 0.2) is 0 Å². The van der Waals surface area contributed by atoms with Gasteiger partial charge in [0.05, 0.1) is 12.8 Å². The maximum Gasteiger partial charge on any atom is 0.311 e. The molecule has 0 bridgehead atoms. The fourth-order valence-electron chi connectivity index (χ4n) is 3.52. The van der Waals surface area contributed by atoms with E-state index in [0.29, 0.717) is 29.1 Å². The van der Waals surface area contributed by atoms with Crippen LogP contribution in [0.4, 0.5) is 0 Å². The van der Waals surface area contributed by atoms with Crippen molar-refractivity contribution in [2.24, 2.45) is 17.8 Å². The van der Waals surface area contributed by atoms with Crippen LogP contribution < -0.4 is 4.74 Å². The van der Waals surface area contributed by atoms with E-state index in [9.17, 15) is 14.4 Å². The number of hydrogen-bond acceptors (Lipinski definition) is 5. The van der Waals surface area contributed by atoms with Crippen molar-refractivity contribution in [2.75, 3.05) is 0 Å².